The van der Waals surface area contributed by atoms with Crippen LogP contribution < -0.4 is 4.90 Å². The molecule has 0 aliphatic rings. The largest absolute Gasteiger partial charge is 0.310 e. The lowest BCUT2D eigenvalue weighted by Crippen LogP contribution is -2.10. The van der Waals surface area contributed by atoms with Crippen molar-refractivity contribution in [3.8, 4) is 22.6 Å². The van der Waals surface area contributed by atoms with Crippen molar-refractivity contribution in [1.29, 1.82) is 0 Å². The van der Waals surface area contributed by atoms with Crippen LogP contribution in [-0.4, -0.2) is 14.1 Å². The second-order valence-corrected chi connectivity index (χ2v) is 12.8. The molecule has 10 aromatic rings. The predicted octanol–water partition coefficient (Wildman–Crippen LogP) is 12.4. The lowest BCUT2D eigenvalue weighted by atomic mass is 10.1. The number of benzene rings is 7. The van der Waals surface area contributed by atoms with E-state index in [1.54, 1.807) is 0 Å². The molecule has 0 aliphatic heterocycles. The minimum atomic E-state index is 0.969. The molecule has 0 saturated carbocycles. The predicted molar refractivity (Wildman–Crippen MR) is 213 cm³/mol. The fourth-order valence-electron chi connectivity index (χ4n) is 7.74. The van der Waals surface area contributed by atoms with Crippen LogP contribution in [0.1, 0.15) is 0 Å². The topological polar surface area (TPSA) is 26.0 Å². The van der Waals surface area contributed by atoms with Crippen LogP contribution in [-0.2, 0) is 0 Å². The molecule has 0 bridgehead atoms. The van der Waals surface area contributed by atoms with Crippen LogP contribution in [0.25, 0.3) is 66.2 Å². The van der Waals surface area contributed by atoms with Crippen LogP contribution in [0.5, 0.6) is 0 Å². The van der Waals surface area contributed by atoms with Crippen molar-refractivity contribution >= 4 is 60.7 Å². The van der Waals surface area contributed by atoms with Gasteiger partial charge in [0.2, 0.25) is 0 Å². The van der Waals surface area contributed by atoms with E-state index in [1.165, 1.54) is 38.1 Å². The van der Waals surface area contributed by atoms with Crippen molar-refractivity contribution in [2.75, 3.05) is 4.90 Å². The van der Waals surface area contributed by atoms with Gasteiger partial charge in [0.1, 0.15) is 0 Å². The van der Waals surface area contributed by atoms with Gasteiger partial charge in [-0.05, 0) is 91.0 Å². The van der Waals surface area contributed by atoms with Crippen molar-refractivity contribution in [2.45, 2.75) is 0 Å². The third kappa shape index (κ3) is 4.72. The van der Waals surface area contributed by atoms with Crippen LogP contribution in [0.15, 0.2) is 194 Å². The Morgan fingerprint density at radius 3 is 1.53 bits per heavy atom. The summed E-state index contributed by atoms with van der Waals surface area (Å²) in [5, 5.41) is 4.94. The summed E-state index contributed by atoms with van der Waals surface area (Å²) < 4.78 is 4.75. The maximum absolute atomic E-state index is 4.56. The van der Waals surface area contributed by atoms with E-state index in [1.807, 2.05) is 18.3 Å². The number of aromatic nitrogens is 3. The standard InChI is InChI=1S/C47H32N4/c1-2-13-34(14-3-1)49(35-28-30-37(31-29-35)50-42-19-7-4-15-38(42)39-16-5-8-20-43(39)50)45-22-12-23-46-47(45)40-17-6-9-21-44(40)51(46)36-26-24-33(25-27-36)41-18-10-11-32-48-41/h1-32H. The van der Waals surface area contributed by atoms with Gasteiger partial charge in [0.25, 0.3) is 0 Å². The number of fused-ring (bicyclic) bond motifs is 6. The molecule has 0 radical (unpaired) electrons. The van der Waals surface area contributed by atoms with Gasteiger partial charge in [-0.15, -0.1) is 0 Å². The third-order valence-electron chi connectivity index (χ3n) is 9.96. The van der Waals surface area contributed by atoms with Crippen LogP contribution in [0.4, 0.5) is 17.1 Å². The van der Waals surface area contributed by atoms with Gasteiger partial charge < -0.3 is 14.0 Å². The lowest BCUT2D eigenvalue weighted by Gasteiger charge is -2.27. The van der Waals surface area contributed by atoms with Gasteiger partial charge in [0.15, 0.2) is 0 Å². The first-order valence-electron chi connectivity index (χ1n) is 17.3. The Hall–Kier alpha value is -6.91. The summed E-state index contributed by atoms with van der Waals surface area (Å²) >= 11 is 0. The smallest absolute Gasteiger partial charge is 0.0701 e. The molecule has 0 aliphatic carbocycles. The number of nitrogens with zero attached hydrogens (tertiary/aromatic N) is 4. The Kier molecular flexibility index (Phi) is 6.78. The molecule has 51 heavy (non-hydrogen) atoms. The average molecular weight is 653 g/mol. The van der Waals surface area contributed by atoms with E-state index in [-0.39, 0.29) is 0 Å². The highest BCUT2D eigenvalue weighted by molar-refractivity contribution is 6.16. The number of hydrogen-bond acceptors (Lipinski definition) is 2. The second kappa shape index (κ2) is 11.9. The number of pyridine rings is 1. The summed E-state index contributed by atoms with van der Waals surface area (Å²) in [6.45, 7) is 0. The van der Waals surface area contributed by atoms with Crippen molar-refractivity contribution in [3.63, 3.8) is 0 Å². The first-order chi connectivity index (χ1) is 25.3. The van der Waals surface area contributed by atoms with Gasteiger partial charge in [-0.25, -0.2) is 0 Å². The monoisotopic (exact) mass is 652 g/mol. The molecule has 0 saturated heterocycles. The summed E-state index contributed by atoms with van der Waals surface area (Å²) in [6, 6.07) is 67.2. The van der Waals surface area contributed by atoms with Crippen molar-refractivity contribution in [3.05, 3.63) is 194 Å². The molecule has 0 fully saturated rings. The van der Waals surface area contributed by atoms with Gasteiger partial charge in [-0.2, -0.15) is 0 Å². The van der Waals surface area contributed by atoms with Gasteiger partial charge in [0.05, 0.1) is 33.4 Å². The molecule has 10 rings (SSSR count). The molecule has 240 valence electrons. The summed E-state index contributed by atoms with van der Waals surface area (Å²) in [5.74, 6) is 0. The Bertz CT molecular complexity index is 2780. The SMILES string of the molecule is c1ccc(N(c2ccc(-n3c4ccccc4c4ccccc43)cc2)c2cccc3c2c2ccccc2n3-c2ccc(-c3ccccn3)cc2)cc1. The highest BCUT2D eigenvalue weighted by Crippen LogP contribution is 2.44. The van der Waals surface area contributed by atoms with Gasteiger partial charge in [-0.1, -0.05) is 97.1 Å². The minimum absolute atomic E-state index is 0.969. The summed E-state index contributed by atoms with van der Waals surface area (Å²) in [6.07, 6.45) is 1.84. The Morgan fingerprint density at radius 1 is 0.373 bits per heavy atom. The van der Waals surface area contributed by atoms with Gasteiger partial charge >= 0.3 is 0 Å². The Balaban J connectivity index is 1.15. The molecule has 3 heterocycles. The molecule has 4 heteroatoms. The Labute approximate surface area is 295 Å². The molecule has 7 aromatic carbocycles. The molecule has 4 nitrogen and oxygen atoms in total. The molecular formula is C47H32N4. The lowest BCUT2D eigenvalue weighted by molar-refractivity contribution is 1.17. The fraction of sp³-hybridized carbons (Fsp3) is 0. The number of rotatable bonds is 6. The molecule has 3 aromatic heterocycles. The van der Waals surface area contributed by atoms with E-state index in [0.717, 1.165) is 45.2 Å². The molecule has 0 N–H and O–H groups in total. The summed E-state index contributed by atoms with van der Waals surface area (Å²) in [7, 11) is 0. The molecule has 0 amide bonds. The fourth-order valence-corrected chi connectivity index (χ4v) is 7.74. The summed E-state index contributed by atoms with van der Waals surface area (Å²) in [5.41, 5.74) is 12.4. The van der Waals surface area contributed by atoms with E-state index >= 15 is 0 Å². The zero-order valence-corrected chi connectivity index (χ0v) is 27.8. The zero-order valence-electron chi connectivity index (χ0n) is 27.8. The van der Waals surface area contributed by atoms with E-state index in [9.17, 15) is 0 Å². The normalized spacial score (nSPS) is 11.5. The van der Waals surface area contributed by atoms with E-state index in [0.29, 0.717) is 0 Å². The van der Waals surface area contributed by atoms with Crippen molar-refractivity contribution in [1.82, 2.24) is 14.1 Å². The number of para-hydroxylation sites is 4. The molecule has 0 atom stereocenters. The highest BCUT2D eigenvalue weighted by Gasteiger charge is 2.21. The molecular weight excluding hydrogens is 621 g/mol. The maximum atomic E-state index is 4.56. The average Bonchev–Trinajstić information content (AvgIpc) is 3.73. The van der Waals surface area contributed by atoms with E-state index in [2.05, 4.69) is 195 Å². The Morgan fingerprint density at radius 2 is 0.882 bits per heavy atom. The van der Waals surface area contributed by atoms with Crippen LogP contribution in [0.2, 0.25) is 0 Å². The quantitative estimate of drug-likeness (QED) is 0.179. The first kappa shape index (κ1) is 29.0. The van der Waals surface area contributed by atoms with Crippen LogP contribution in [0, 0.1) is 0 Å². The van der Waals surface area contributed by atoms with Gasteiger partial charge in [-0.3, -0.25) is 4.98 Å². The van der Waals surface area contributed by atoms with Gasteiger partial charge in [0, 0.05) is 56.1 Å². The molecule has 0 unspecified atom stereocenters. The van der Waals surface area contributed by atoms with E-state index < -0.39 is 0 Å². The van der Waals surface area contributed by atoms with Crippen molar-refractivity contribution < 1.29 is 0 Å². The third-order valence-corrected chi connectivity index (χ3v) is 9.96. The van der Waals surface area contributed by atoms with Crippen molar-refractivity contribution in [2.24, 2.45) is 0 Å². The molecule has 0 spiro atoms. The zero-order chi connectivity index (χ0) is 33.7. The first-order valence-corrected chi connectivity index (χ1v) is 17.3. The second-order valence-electron chi connectivity index (χ2n) is 12.8. The number of anilines is 3. The highest BCUT2D eigenvalue weighted by atomic mass is 15.1. The number of hydrogen-bond donors (Lipinski definition) is 0. The minimum Gasteiger partial charge on any atom is -0.310 e. The van der Waals surface area contributed by atoms with E-state index in [4.69, 9.17) is 0 Å². The van der Waals surface area contributed by atoms with Crippen LogP contribution >= 0.6 is 0 Å². The van der Waals surface area contributed by atoms with Crippen LogP contribution in [0.3, 0.4) is 0 Å². The maximum Gasteiger partial charge on any atom is 0.0701 e. The summed E-state index contributed by atoms with van der Waals surface area (Å²) in [4.78, 5) is 6.95.